The van der Waals surface area contributed by atoms with Gasteiger partial charge < -0.3 is 10.8 Å². The van der Waals surface area contributed by atoms with Crippen LogP contribution in [0.15, 0.2) is 10.8 Å². The van der Waals surface area contributed by atoms with Crippen molar-refractivity contribution >= 4 is 17.3 Å². The minimum Gasteiger partial charge on any atom is -0.480 e. The molecule has 4 heteroatoms. The van der Waals surface area contributed by atoms with Crippen LogP contribution in [0.25, 0.3) is 0 Å². The van der Waals surface area contributed by atoms with E-state index in [0.29, 0.717) is 0 Å². The number of nitrogens with two attached hydrogens (primary N) is 1. The molecule has 0 saturated heterocycles. The standard InChI is InChI=1S/C10H15NO2S/c1-6-4-14-5-7(6)10(2,3)8(11)9(12)13/h4-5,8H,11H2,1-3H3,(H,12,13). The molecule has 0 fully saturated rings. The van der Waals surface area contributed by atoms with E-state index < -0.39 is 17.4 Å². The van der Waals surface area contributed by atoms with Crippen molar-refractivity contribution in [2.45, 2.75) is 32.2 Å². The van der Waals surface area contributed by atoms with Crippen LogP contribution in [0.5, 0.6) is 0 Å². The Morgan fingerprint density at radius 2 is 2.14 bits per heavy atom. The monoisotopic (exact) mass is 213 g/mol. The molecule has 1 unspecified atom stereocenters. The fraction of sp³-hybridized carbons (Fsp3) is 0.500. The second-order valence-electron chi connectivity index (χ2n) is 4.01. The molecule has 1 rings (SSSR count). The summed E-state index contributed by atoms with van der Waals surface area (Å²) in [5, 5.41) is 12.9. The van der Waals surface area contributed by atoms with E-state index in [1.165, 1.54) is 0 Å². The van der Waals surface area contributed by atoms with E-state index in [1.54, 1.807) is 11.3 Å². The van der Waals surface area contributed by atoms with Crippen LogP contribution in [0, 0.1) is 6.92 Å². The van der Waals surface area contributed by atoms with Gasteiger partial charge in [-0.2, -0.15) is 11.3 Å². The summed E-state index contributed by atoms with van der Waals surface area (Å²) in [6, 6.07) is -0.865. The number of hydrogen-bond acceptors (Lipinski definition) is 3. The van der Waals surface area contributed by atoms with Crippen molar-refractivity contribution in [2.75, 3.05) is 0 Å². The summed E-state index contributed by atoms with van der Waals surface area (Å²) in [5.74, 6) is -0.958. The number of aryl methyl sites for hydroxylation is 1. The van der Waals surface area contributed by atoms with Gasteiger partial charge in [0.05, 0.1) is 0 Å². The van der Waals surface area contributed by atoms with E-state index in [9.17, 15) is 4.79 Å². The van der Waals surface area contributed by atoms with E-state index in [0.717, 1.165) is 11.1 Å². The molecule has 14 heavy (non-hydrogen) atoms. The highest BCUT2D eigenvalue weighted by atomic mass is 32.1. The van der Waals surface area contributed by atoms with Crippen molar-refractivity contribution in [1.82, 2.24) is 0 Å². The molecule has 0 bridgehead atoms. The van der Waals surface area contributed by atoms with Crippen molar-refractivity contribution in [2.24, 2.45) is 5.73 Å². The Morgan fingerprint density at radius 3 is 2.50 bits per heavy atom. The molecule has 0 spiro atoms. The SMILES string of the molecule is Cc1cscc1C(C)(C)C(N)C(=O)O. The highest BCUT2D eigenvalue weighted by Gasteiger charge is 2.35. The summed E-state index contributed by atoms with van der Waals surface area (Å²) >= 11 is 1.57. The summed E-state index contributed by atoms with van der Waals surface area (Å²) in [6.07, 6.45) is 0. The summed E-state index contributed by atoms with van der Waals surface area (Å²) in [6.45, 7) is 5.70. The van der Waals surface area contributed by atoms with E-state index in [4.69, 9.17) is 10.8 Å². The van der Waals surface area contributed by atoms with Gasteiger partial charge in [0.2, 0.25) is 0 Å². The predicted octanol–water partition coefficient (Wildman–Crippen LogP) is 1.75. The highest BCUT2D eigenvalue weighted by Crippen LogP contribution is 2.31. The maximum Gasteiger partial charge on any atom is 0.321 e. The van der Waals surface area contributed by atoms with E-state index >= 15 is 0 Å². The van der Waals surface area contributed by atoms with Gasteiger partial charge >= 0.3 is 5.97 Å². The molecule has 0 saturated carbocycles. The quantitative estimate of drug-likeness (QED) is 0.804. The Kier molecular flexibility index (Phi) is 2.97. The molecule has 0 amide bonds. The minimum absolute atomic E-state index is 0.518. The van der Waals surface area contributed by atoms with Gasteiger partial charge in [0, 0.05) is 5.41 Å². The molecule has 0 aliphatic rings. The zero-order valence-corrected chi connectivity index (χ0v) is 9.39. The minimum atomic E-state index is -0.958. The molecule has 78 valence electrons. The number of carboxylic acids is 1. The Morgan fingerprint density at radius 1 is 1.57 bits per heavy atom. The van der Waals surface area contributed by atoms with Crippen LogP contribution in [0.3, 0.4) is 0 Å². The second kappa shape index (κ2) is 3.71. The molecule has 0 aliphatic heterocycles. The molecular weight excluding hydrogens is 198 g/mol. The summed E-state index contributed by atoms with van der Waals surface area (Å²) in [4.78, 5) is 10.8. The summed E-state index contributed by atoms with van der Waals surface area (Å²) in [7, 11) is 0. The summed E-state index contributed by atoms with van der Waals surface area (Å²) < 4.78 is 0. The van der Waals surface area contributed by atoms with Crippen molar-refractivity contribution in [3.8, 4) is 0 Å². The third-order valence-corrected chi connectivity index (χ3v) is 3.45. The number of rotatable bonds is 3. The first-order valence-electron chi connectivity index (χ1n) is 4.39. The van der Waals surface area contributed by atoms with Crippen LogP contribution in [-0.2, 0) is 10.2 Å². The molecular formula is C10H15NO2S. The lowest BCUT2D eigenvalue weighted by atomic mass is 9.78. The van der Waals surface area contributed by atoms with E-state index in [2.05, 4.69) is 0 Å². The molecule has 0 radical (unpaired) electrons. The third kappa shape index (κ3) is 1.81. The maximum absolute atomic E-state index is 10.8. The Balaban J connectivity index is 3.07. The summed E-state index contributed by atoms with van der Waals surface area (Å²) in [5.41, 5.74) is 7.27. The lowest BCUT2D eigenvalue weighted by Crippen LogP contribution is -2.46. The Bertz CT molecular complexity index is 344. The number of hydrogen-bond donors (Lipinski definition) is 2. The van der Waals surface area contributed by atoms with Gasteiger partial charge in [0.25, 0.3) is 0 Å². The predicted molar refractivity (Wildman–Crippen MR) is 57.7 cm³/mol. The molecule has 0 aliphatic carbocycles. The average Bonchev–Trinajstić information content (AvgIpc) is 2.50. The zero-order chi connectivity index (χ0) is 10.9. The average molecular weight is 213 g/mol. The fourth-order valence-electron chi connectivity index (χ4n) is 1.50. The Labute approximate surface area is 87.6 Å². The zero-order valence-electron chi connectivity index (χ0n) is 8.57. The third-order valence-electron chi connectivity index (χ3n) is 2.59. The Hall–Kier alpha value is -0.870. The largest absolute Gasteiger partial charge is 0.480 e. The molecule has 0 aromatic carbocycles. The first-order chi connectivity index (χ1) is 6.37. The molecule has 3 nitrogen and oxygen atoms in total. The number of thiophene rings is 1. The van der Waals surface area contributed by atoms with Crippen LogP contribution in [0.4, 0.5) is 0 Å². The van der Waals surface area contributed by atoms with Crippen LogP contribution in [0.2, 0.25) is 0 Å². The second-order valence-corrected chi connectivity index (χ2v) is 4.75. The lowest BCUT2D eigenvalue weighted by Gasteiger charge is -2.29. The topological polar surface area (TPSA) is 63.3 Å². The molecule has 1 aromatic rings. The van der Waals surface area contributed by atoms with Crippen molar-refractivity contribution < 1.29 is 9.90 Å². The highest BCUT2D eigenvalue weighted by molar-refractivity contribution is 7.08. The first kappa shape index (κ1) is 11.2. The van der Waals surface area contributed by atoms with Gasteiger partial charge in [-0.3, -0.25) is 4.79 Å². The van der Waals surface area contributed by atoms with Crippen LogP contribution in [0.1, 0.15) is 25.0 Å². The van der Waals surface area contributed by atoms with Crippen LogP contribution in [-0.4, -0.2) is 17.1 Å². The van der Waals surface area contributed by atoms with Gasteiger partial charge in [-0.15, -0.1) is 0 Å². The van der Waals surface area contributed by atoms with Crippen LogP contribution < -0.4 is 5.73 Å². The van der Waals surface area contributed by atoms with Gasteiger partial charge in [0.15, 0.2) is 0 Å². The number of aliphatic carboxylic acids is 1. The normalized spacial score (nSPS) is 14.0. The number of carbonyl (C=O) groups is 1. The van der Waals surface area contributed by atoms with Gasteiger partial charge in [0.1, 0.15) is 6.04 Å². The molecule has 1 aromatic heterocycles. The van der Waals surface area contributed by atoms with Gasteiger partial charge in [-0.05, 0) is 28.8 Å². The van der Waals surface area contributed by atoms with Gasteiger partial charge in [-0.25, -0.2) is 0 Å². The van der Waals surface area contributed by atoms with Crippen molar-refractivity contribution in [1.29, 1.82) is 0 Å². The molecule has 1 atom stereocenters. The van der Waals surface area contributed by atoms with Gasteiger partial charge in [-0.1, -0.05) is 13.8 Å². The van der Waals surface area contributed by atoms with E-state index in [-0.39, 0.29) is 0 Å². The maximum atomic E-state index is 10.8. The van der Waals surface area contributed by atoms with Crippen molar-refractivity contribution in [3.05, 3.63) is 21.9 Å². The number of carboxylic acid groups (broad SMARTS) is 1. The fourth-order valence-corrected chi connectivity index (χ4v) is 2.52. The van der Waals surface area contributed by atoms with Crippen molar-refractivity contribution in [3.63, 3.8) is 0 Å². The molecule has 3 N–H and O–H groups in total. The van der Waals surface area contributed by atoms with E-state index in [1.807, 2.05) is 31.5 Å². The van der Waals surface area contributed by atoms with Crippen LogP contribution >= 0.6 is 11.3 Å². The smallest absolute Gasteiger partial charge is 0.321 e. The lowest BCUT2D eigenvalue weighted by molar-refractivity contribution is -0.140. The first-order valence-corrected chi connectivity index (χ1v) is 5.33. The molecule has 1 heterocycles.